The lowest BCUT2D eigenvalue weighted by Crippen LogP contribution is -2.03. The molecule has 5 nitrogen and oxygen atoms in total. The van der Waals surface area contributed by atoms with Crippen molar-refractivity contribution in [1.82, 2.24) is 5.16 Å². The number of nitrogens with zero attached hydrogens (tertiary/aromatic N) is 1. The second-order valence-corrected chi connectivity index (χ2v) is 4.09. The van der Waals surface area contributed by atoms with Crippen LogP contribution in [0.5, 0.6) is 0 Å². The van der Waals surface area contributed by atoms with Crippen LogP contribution in [0.25, 0.3) is 11.1 Å². The monoisotopic (exact) mass is 259 g/mol. The molecule has 0 N–H and O–H groups in total. The van der Waals surface area contributed by atoms with Crippen molar-refractivity contribution in [2.24, 2.45) is 0 Å². The molecule has 0 unspecified atom stereocenters. The van der Waals surface area contributed by atoms with Gasteiger partial charge in [-0.15, -0.1) is 0 Å². The van der Waals surface area contributed by atoms with Crippen molar-refractivity contribution in [2.45, 2.75) is 13.8 Å². The maximum Gasteiger partial charge on any atom is 0.360 e. The van der Waals surface area contributed by atoms with Gasteiger partial charge in [0.1, 0.15) is 5.76 Å². The molecule has 2 rings (SSSR count). The van der Waals surface area contributed by atoms with Crippen molar-refractivity contribution in [3.05, 3.63) is 41.3 Å². The zero-order valence-corrected chi connectivity index (χ0v) is 10.9. The van der Waals surface area contributed by atoms with Crippen LogP contribution in [-0.4, -0.2) is 24.0 Å². The minimum absolute atomic E-state index is 0.0122. The average Bonchev–Trinajstić information content (AvgIpc) is 2.80. The predicted octanol–water partition coefficient (Wildman–Crippen LogP) is 2.64. The van der Waals surface area contributed by atoms with E-state index < -0.39 is 5.97 Å². The number of benzene rings is 1. The van der Waals surface area contributed by atoms with Crippen LogP contribution in [0.1, 0.15) is 33.5 Å². The summed E-state index contributed by atoms with van der Waals surface area (Å²) in [7, 11) is 1.29. The van der Waals surface area contributed by atoms with Crippen LogP contribution < -0.4 is 0 Å². The van der Waals surface area contributed by atoms with E-state index in [4.69, 9.17) is 4.52 Å². The minimum Gasteiger partial charge on any atom is -0.464 e. The van der Waals surface area contributed by atoms with Crippen molar-refractivity contribution in [3.63, 3.8) is 0 Å². The second-order valence-electron chi connectivity index (χ2n) is 4.09. The Balaban J connectivity index is 2.49. The molecule has 1 aromatic heterocycles. The molecule has 19 heavy (non-hydrogen) atoms. The standard InChI is InChI=1S/C14H13NO4/c1-8(16)10-4-6-11(7-5-10)12-9(2)19-15-13(12)14(17)18-3/h4-7H,1-3H3. The molecule has 1 aromatic carbocycles. The highest BCUT2D eigenvalue weighted by atomic mass is 16.5. The maximum atomic E-state index is 11.6. The summed E-state index contributed by atoms with van der Waals surface area (Å²) < 4.78 is 9.69. The van der Waals surface area contributed by atoms with Gasteiger partial charge in [-0.05, 0) is 19.4 Å². The van der Waals surface area contributed by atoms with Gasteiger partial charge in [-0.3, -0.25) is 4.79 Å². The molecule has 98 valence electrons. The lowest BCUT2D eigenvalue weighted by Gasteiger charge is -2.02. The number of aryl methyl sites for hydroxylation is 1. The number of ketones is 1. The largest absolute Gasteiger partial charge is 0.464 e. The molecule has 0 spiro atoms. The summed E-state index contributed by atoms with van der Waals surface area (Å²) in [6.45, 7) is 3.22. The lowest BCUT2D eigenvalue weighted by molar-refractivity contribution is 0.0589. The van der Waals surface area contributed by atoms with E-state index in [2.05, 4.69) is 9.89 Å². The predicted molar refractivity (Wildman–Crippen MR) is 68.0 cm³/mol. The number of aromatic nitrogens is 1. The summed E-state index contributed by atoms with van der Waals surface area (Å²) in [5.74, 6) is -0.0414. The van der Waals surface area contributed by atoms with Gasteiger partial charge < -0.3 is 9.26 Å². The minimum atomic E-state index is -0.553. The summed E-state index contributed by atoms with van der Waals surface area (Å²) in [6, 6.07) is 6.90. The Labute approximate surface area is 110 Å². The van der Waals surface area contributed by atoms with Gasteiger partial charge in [-0.1, -0.05) is 29.4 Å². The first-order chi connectivity index (χ1) is 9.04. The first kappa shape index (κ1) is 13.0. The Morgan fingerprint density at radius 2 is 1.84 bits per heavy atom. The smallest absolute Gasteiger partial charge is 0.360 e. The fourth-order valence-electron chi connectivity index (χ4n) is 1.82. The molecule has 0 aliphatic carbocycles. The Morgan fingerprint density at radius 3 is 2.37 bits per heavy atom. The third-order valence-corrected chi connectivity index (χ3v) is 2.82. The number of carbonyl (C=O) groups is 2. The van der Waals surface area contributed by atoms with E-state index in [-0.39, 0.29) is 11.5 Å². The van der Waals surface area contributed by atoms with Gasteiger partial charge in [0.15, 0.2) is 11.5 Å². The third-order valence-electron chi connectivity index (χ3n) is 2.82. The molecular weight excluding hydrogens is 246 g/mol. The van der Waals surface area contributed by atoms with Gasteiger partial charge in [0, 0.05) is 5.56 Å². The summed E-state index contributed by atoms with van der Waals surface area (Å²) >= 11 is 0. The van der Waals surface area contributed by atoms with Crippen molar-refractivity contribution in [2.75, 3.05) is 7.11 Å². The molecule has 0 aliphatic heterocycles. The molecule has 0 bridgehead atoms. The van der Waals surface area contributed by atoms with E-state index in [0.29, 0.717) is 16.9 Å². The Hall–Kier alpha value is -2.43. The Morgan fingerprint density at radius 1 is 1.21 bits per heavy atom. The molecular formula is C14H13NO4. The summed E-state index contributed by atoms with van der Waals surface area (Å²) in [6.07, 6.45) is 0. The van der Waals surface area contributed by atoms with Gasteiger partial charge in [-0.2, -0.15) is 0 Å². The van der Waals surface area contributed by atoms with Gasteiger partial charge in [0.25, 0.3) is 0 Å². The Kier molecular flexibility index (Phi) is 3.46. The zero-order valence-electron chi connectivity index (χ0n) is 10.9. The number of hydrogen-bond donors (Lipinski definition) is 0. The fraction of sp³-hybridized carbons (Fsp3) is 0.214. The summed E-state index contributed by atoms with van der Waals surface area (Å²) in [5, 5.41) is 3.70. The number of methoxy groups -OCH3 is 1. The van der Waals surface area contributed by atoms with Crippen LogP contribution in [0.3, 0.4) is 0 Å². The quantitative estimate of drug-likeness (QED) is 0.626. The van der Waals surface area contributed by atoms with E-state index in [1.54, 1.807) is 31.2 Å². The molecule has 0 saturated carbocycles. The first-order valence-corrected chi connectivity index (χ1v) is 5.70. The third kappa shape index (κ3) is 2.40. The van der Waals surface area contributed by atoms with Crippen LogP contribution in [0.2, 0.25) is 0 Å². The van der Waals surface area contributed by atoms with Gasteiger partial charge in [0.05, 0.1) is 12.7 Å². The van der Waals surface area contributed by atoms with E-state index in [1.807, 2.05) is 0 Å². The maximum absolute atomic E-state index is 11.6. The van der Waals surface area contributed by atoms with Crippen LogP contribution in [0.4, 0.5) is 0 Å². The topological polar surface area (TPSA) is 69.4 Å². The van der Waals surface area contributed by atoms with Crippen LogP contribution in [0, 0.1) is 6.92 Å². The molecule has 5 heteroatoms. The van der Waals surface area contributed by atoms with Crippen molar-refractivity contribution in [1.29, 1.82) is 0 Å². The number of esters is 1. The SMILES string of the molecule is COC(=O)c1noc(C)c1-c1ccc(C(C)=O)cc1. The molecule has 1 heterocycles. The van der Waals surface area contributed by atoms with E-state index in [9.17, 15) is 9.59 Å². The van der Waals surface area contributed by atoms with Crippen LogP contribution in [0.15, 0.2) is 28.8 Å². The lowest BCUT2D eigenvalue weighted by atomic mass is 10.0. The highest BCUT2D eigenvalue weighted by Crippen LogP contribution is 2.28. The molecule has 0 atom stereocenters. The van der Waals surface area contributed by atoms with E-state index in [1.165, 1.54) is 14.0 Å². The molecule has 0 fully saturated rings. The average molecular weight is 259 g/mol. The number of ether oxygens (including phenoxy) is 1. The fourth-order valence-corrected chi connectivity index (χ4v) is 1.82. The highest BCUT2D eigenvalue weighted by molar-refractivity contribution is 5.97. The highest BCUT2D eigenvalue weighted by Gasteiger charge is 2.21. The summed E-state index contributed by atoms with van der Waals surface area (Å²) in [5.41, 5.74) is 2.08. The molecule has 0 saturated heterocycles. The number of hydrogen-bond acceptors (Lipinski definition) is 5. The summed E-state index contributed by atoms with van der Waals surface area (Å²) in [4.78, 5) is 22.8. The van der Waals surface area contributed by atoms with Crippen molar-refractivity contribution >= 4 is 11.8 Å². The first-order valence-electron chi connectivity index (χ1n) is 5.70. The second kappa shape index (κ2) is 5.06. The van der Waals surface area contributed by atoms with Crippen molar-refractivity contribution in [3.8, 4) is 11.1 Å². The molecule has 0 radical (unpaired) electrons. The zero-order chi connectivity index (χ0) is 14.0. The van der Waals surface area contributed by atoms with Crippen LogP contribution >= 0.6 is 0 Å². The van der Waals surface area contributed by atoms with Gasteiger partial charge in [0.2, 0.25) is 0 Å². The van der Waals surface area contributed by atoms with Gasteiger partial charge >= 0.3 is 5.97 Å². The van der Waals surface area contributed by atoms with Gasteiger partial charge in [-0.25, -0.2) is 4.79 Å². The number of carbonyl (C=O) groups excluding carboxylic acids is 2. The Bertz CT molecular complexity index is 625. The molecule has 2 aromatic rings. The van der Waals surface area contributed by atoms with E-state index in [0.717, 1.165) is 5.56 Å². The van der Waals surface area contributed by atoms with Crippen molar-refractivity contribution < 1.29 is 18.8 Å². The number of Topliss-reactive ketones (excluding diaryl/α,β-unsaturated/α-hetero) is 1. The normalized spacial score (nSPS) is 10.3. The van der Waals surface area contributed by atoms with E-state index >= 15 is 0 Å². The number of rotatable bonds is 3. The van der Waals surface area contributed by atoms with Crippen LogP contribution in [-0.2, 0) is 4.74 Å². The molecule has 0 aliphatic rings. The molecule has 0 amide bonds.